The summed E-state index contributed by atoms with van der Waals surface area (Å²) < 4.78 is 5.16. The molecule has 2 heteroatoms. The Morgan fingerprint density at radius 1 is 1.45 bits per heavy atom. The molecule has 0 aromatic heterocycles. The van der Waals surface area contributed by atoms with Gasteiger partial charge in [-0.2, -0.15) is 0 Å². The summed E-state index contributed by atoms with van der Waals surface area (Å²) in [6, 6.07) is 7.84. The number of hydrogen-bond acceptors (Lipinski definition) is 1. The van der Waals surface area contributed by atoms with Crippen LogP contribution in [0.5, 0.6) is 5.75 Å². The summed E-state index contributed by atoms with van der Waals surface area (Å²) >= 11 is 3.36. The molecule has 0 aliphatic carbocycles. The monoisotopic (exact) mass is 212 g/mol. The largest absolute Gasteiger partial charge is 0.465 e. The molecule has 1 nitrogen and oxygen atoms in total. The fourth-order valence-corrected chi connectivity index (χ4v) is 1.28. The van der Waals surface area contributed by atoms with Crippen molar-refractivity contribution in [2.75, 3.05) is 0 Å². The van der Waals surface area contributed by atoms with Crippen LogP contribution in [0.3, 0.4) is 0 Å². The molecule has 0 saturated heterocycles. The third-order valence-electron chi connectivity index (χ3n) is 1.33. The third-order valence-corrected chi connectivity index (χ3v) is 1.93. The first-order valence-corrected chi connectivity index (χ1v) is 4.42. The van der Waals surface area contributed by atoms with Crippen molar-refractivity contribution in [1.82, 2.24) is 0 Å². The topological polar surface area (TPSA) is 9.23 Å². The Bertz CT molecular complexity index is 245. The lowest BCUT2D eigenvalue weighted by Gasteiger charge is -2.03. The highest BCUT2D eigenvalue weighted by atomic mass is 79.9. The smallest absolute Gasteiger partial charge is 0.130 e. The van der Waals surface area contributed by atoms with Gasteiger partial charge in [-0.05, 0) is 6.07 Å². The molecule has 0 amide bonds. The van der Waals surface area contributed by atoms with Crippen molar-refractivity contribution in [2.24, 2.45) is 0 Å². The molecule has 1 rings (SSSR count). The Balaban J connectivity index is 2.92. The first-order chi connectivity index (χ1) is 5.38. The van der Waals surface area contributed by atoms with Crippen molar-refractivity contribution >= 4 is 15.9 Å². The summed E-state index contributed by atoms with van der Waals surface area (Å²) in [6.45, 7) is 3.49. The predicted molar refractivity (Wildman–Crippen MR) is 49.9 cm³/mol. The number of alkyl halides is 1. The maximum Gasteiger partial charge on any atom is 0.130 e. The molecule has 0 atom stereocenters. The second-order valence-corrected chi connectivity index (χ2v) is 2.59. The number of rotatable bonds is 3. The van der Waals surface area contributed by atoms with Gasteiger partial charge in [0.1, 0.15) is 5.75 Å². The maximum absolute atomic E-state index is 5.16. The van der Waals surface area contributed by atoms with E-state index in [-0.39, 0.29) is 0 Å². The van der Waals surface area contributed by atoms with Gasteiger partial charge in [0.2, 0.25) is 0 Å². The Labute approximate surface area is 74.8 Å². The maximum atomic E-state index is 5.16. The summed E-state index contributed by atoms with van der Waals surface area (Å²) in [4.78, 5) is 0. The molecule has 0 heterocycles. The van der Waals surface area contributed by atoms with Crippen molar-refractivity contribution in [1.29, 1.82) is 0 Å². The van der Waals surface area contributed by atoms with Crippen LogP contribution < -0.4 is 4.74 Å². The van der Waals surface area contributed by atoms with Crippen LogP contribution in [0.15, 0.2) is 37.1 Å². The van der Waals surface area contributed by atoms with Gasteiger partial charge in [0.15, 0.2) is 0 Å². The van der Waals surface area contributed by atoms with Crippen LogP contribution in [0.1, 0.15) is 5.56 Å². The molecule has 0 radical (unpaired) electrons. The van der Waals surface area contributed by atoms with E-state index in [1.165, 1.54) is 6.26 Å². The van der Waals surface area contributed by atoms with E-state index in [2.05, 4.69) is 22.5 Å². The van der Waals surface area contributed by atoms with Crippen molar-refractivity contribution in [3.05, 3.63) is 42.7 Å². The molecule has 0 N–H and O–H groups in total. The van der Waals surface area contributed by atoms with E-state index in [0.29, 0.717) is 0 Å². The van der Waals surface area contributed by atoms with Gasteiger partial charge in [-0.15, -0.1) is 0 Å². The van der Waals surface area contributed by atoms with E-state index < -0.39 is 0 Å². The van der Waals surface area contributed by atoms with Crippen molar-refractivity contribution in [3.63, 3.8) is 0 Å². The normalized spacial score (nSPS) is 9.18. The molecule has 11 heavy (non-hydrogen) atoms. The first kappa shape index (κ1) is 8.34. The van der Waals surface area contributed by atoms with Gasteiger partial charge < -0.3 is 4.74 Å². The third kappa shape index (κ3) is 2.09. The molecule has 0 unspecified atom stereocenters. The minimum Gasteiger partial charge on any atom is -0.465 e. The highest BCUT2D eigenvalue weighted by Gasteiger charge is 1.97. The predicted octanol–water partition coefficient (Wildman–Crippen LogP) is 3.10. The van der Waals surface area contributed by atoms with Gasteiger partial charge in [0.05, 0.1) is 6.26 Å². The minimum atomic E-state index is 0.803. The second kappa shape index (κ2) is 4.19. The van der Waals surface area contributed by atoms with Gasteiger partial charge >= 0.3 is 0 Å². The molecular formula is C9H9BrO. The fraction of sp³-hybridized carbons (Fsp3) is 0.111. The summed E-state index contributed by atoms with van der Waals surface area (Å²) in [5, 5.41) is 0.803. The van der Waals surface area contributed by atoms with Crippen LogP contribution in [0, 0.1) is 0 Å². The standard InChI is InChI=1S/C9H9BrO/c1-2-11-9-6-4-3-5-8(9)7-10/h2-6H,1,7H2. The molecular weight excluding hydrogens is 204 g/mol. The first-order valence-electron chi connectivity index (χ1n) is 3.30. The quantitative estimate of drug-likeness (QED) is 0.553. The molecule has 1 aromatic rings. The number of hydrogen-bond donors (Lipinski definition) is 0. The Morgan fingerprint density at radius 2 is 2.18 bits per heavy atom. The van der Waals surface area contributed by atoms with E-state index in [4.69, 9.17) is 4.74 Å². The lowest BCUT2D eigenvalue weighted by molar-refractivity contribution is 0.479. The average Bonchev–Trinajstić information content (AvgIpc) is 2.06. The molecule has 0 saturated carbocycles. The van der Waals surface area contributed by atoms with Crippen LogP contribution in [-0.4, -0.2) is 0 Å². The van der Waals surface area contributed by atoms with Crippen molar-refractivity contribution in [3.8, 4) is 5.75 Å². The van der Waals surface area contributed by atoms with E-state index in [9.17, 15) is 0 Å². The van der Waals surface area contributed by atoms with E-state index in [0.717, 1.165) is 16.6 Å². The molecule has 0 aliphatic heterocycles. The number of halogens is 1. The van der Waals surface area contributed by atoms with Crippen LogP contribution in [0.25, 0.3) is 0 Å². The van der Waals surface area contributed by atoms with Crippen LogP contribution in [0.2, 0.25) is 0 Å². The second-order valence-electron chi connectivity index (χ2n) is 2.03. The zero-order chi connectivity index (χ0) is 8.10. The zero-order valence-electron chi connectivity index (χ0n) is 6.09. The van der Waals surface area contributed by atoms with Crippen LogP contribution in [0.4, 0.5) is 0 Å². The summed E-state index contributed by atoms with van der Waals surface area (Å²) in [5.41, 5.74) is 1.13. The Morgan fingerprint density at radius 3 is 2.82 bits per heavy atom. The lowest BCUT2D eigenvalue weighted by atomic mass is 10.2. The fourth-order valence-electron chi connectivity index (χ4n) is 0.819. The van der Waals surface area contributed by atoms with Gasteiger partial charge in [-0.3, -0.25) is 0 Å². The van der Waals surface area contributed by atoms with Crippen LogP contribution >= 0.6 is 15.9 Å². The van der Waals surface area contributed by atoms with Crippen LogP contribution in [-0.2, 0) is 5.33 Å². The Hall–Kier alpha value is -0.760. The molecule has 0 bridgehead atoms. The van der Waals surface area contributed by atoms with Gasteiger partial charge in [0, 0.05) is 10.9 Å². The summed E-state index contributed by atoms with van der Waals surface area (Å²) in [5.74, 6) is 0.861. The SMILES string of the molecule is C=COc1ccccc1CBr. The van der Waals surface area contributed by atoms with Gasteiger partial charge in [0.25, 0.3) is 0 Å². The van der Waals surface area contributed by atoms with E-state index in [1.807, 2.05) is 24.3 Å². The highest BCUT2D eigenvalue weighted by Crippen LogP contribution is 2.20. The van der Waals surface area contributed by atoms with Crippen molar-refractivity contribution in [2.45, 2.75) is 5.33 Å². The average molecular weight is 213 g/mol. The van der Waals surface area contributed by atoms with Gasteiger partial charge in [-0.1, -0.05) is 40.7 Å². The Kier molecular flexibility index (Phi) is 3.17. The highest BCUT2D eigenvalue weighted by molar-refractivity contribution is 9.08. The molecule has 0 spiro atoms. The van der Waals surface area contributed by atoms with E-state index >= 15 is 0 Å². The number of para-hydroxylation sites is 1. The molecule has 0 fully saturated rings. The van der Waals surface area contributed by atoms with Gasteiger partial charge in [-0.25, -0.2) is 0 Å². The van der Waals surface area contributed by atoms with E-state index in [1.54, 1.807) is 0 Å². The molecule has 0 aliphatic rings. The minimum absolute atomic E-state index is 0.803. The summed E-state index contributed by atoms with van der Waals surface area (Å²) in [6.07, 6.45) is 1.43. The zero-order valence-corrected chi connectivity index (χ0v) is 7.67. The van der Waals surface area contributed by atoms with Crippen molar-refractivity contribution < 1.29 is 4.74 Å². The number of benzene rings is 1. The number of ether oxygens (including phenoxy) is 1. The lowest BCUT2D eigenvalue weighted by Crippen LogP contribution is -1.86. The molecule has 1 aromatic carbocycles. The summed E-state index contributed by atoms with van der Waals surface area (Å²) in [7, 11) is 0. The molecule has 58 valence electrons.